The van der Waals surface area contributed by atoms with Crippen LogP contribution in [-0.4, -0.2) is 64.2 Å². The van der Waals surface area contributed by atoms with Gasteiger partial charge in [0.25, 0.3) is 0 Å². The summed E-state index contributed by atoms with van der Waals surface area (Å²) >= 11 is 1.49. The highest BCUT2D eigenvalue weighted by Crippen LogP contribution is 2.28. The average molecular weight is 472 g/mol. The second-order valence-corrected chi connectivity index (χ2v) is 10.6. The summed E-state index contributed by atoms with van der Waals surface area (Å²) in [5, 5.41) is 9.87. The van der Waals surface area contributed by atoms with Crippen LogP contribution in [0, 0.1) is 19.8 Å². The zero-order chi connectivity index (χ0) is 23.4. The summed E-state index contributed by atoms with van der Waals surface area (Å²) in [6.07, 6.45) is 4.73. The van der Waals surface area contributed by atoms with Gasteiger partial charge in [-0.2, -0.15) is 0 Å². The molecule has 2 aliphatic heterocycles. The molecule has 7 nitrogen and oxygen atoms in total. The molecule has 8 heteroatoms. The molecule has 0 aliphatic carbocycles. The third-order valence-electron chi connectivity index (χ3n) is 6.83. The van der Waals surface area contributed by atoms with Crippen LogP contribution in [0.5, 0.6) is 0 Å². The topological polar surface area (TPSA) is 63.5 Å². The number of ether oxygens (including phenoxy) is 1. The van der Waals surface area contributed by atoms with Crippen LogP contribution in [0.4, 0.5) is 5.95 Å². The molecule has 2 aromatic rings. The van der Waals surface area contributed by atoms with Crippen molar-refractivity contribution >= 4 is 23.6 Å². The fraction of sp³-hybridized carbons (Fsp3) is 0.640. The molecule has 0 spiro atoms. The zero-order valence-corrected chi connectivity index (χ0v) is 21.2. The van der Waals surface area contributed by atoms with E-state index >= 15 is 0 Å². The van der Waals surface area contributed by atoms with Crippen molar-refractivity contribution in [3.05, 3.63) is 34.9 Å². The smallest absolute Gasteiger partial charge is 0.233 e. The standard InChI is InChI=1S/C25H37N5O2S/c1-18-9-11-29(12-10-18)24-26-27-25(30(24)16-22-6-5-13-32-22)33-17-23(31)28(4)15-21-8-7-19(2)14-20(21)3/h7-8,14,18,22H,5-6,9-13,15-17H2,1-4H3. The van der Waals surface area contributed by atoms with Gasteiger partial charge in [-0.1, -0.05) is 42.4 Å². The predicted molar refractivity (Wildman–Crippen MR) is 133 cm³/mol. The number of thioether (sulfide) groups is 1. The number of benzene rings is 1. The fourth-order valence-electron chi connectivity index (χ4n) is 4.59. The third kappa shape index (κ3) is 6.09. The third-order valence-corrected chi connectivity index (χ3v) is 7.78. The summed E-state index contributed by atoms with van der Waals surface area (Å²) in [6.45, 7) is 10.7. The lowest BCUT2D eigenvalue weighted by Crippen LogP contribution is -2.35. The number of aromatic nitrogens is 3. The monoisotopic (exact) mass is 471 g/mol. The Morgan fingerprint density at radius 3 is 2.70 bits per heavy atom. The molecule has 4 rings (SSSR count). The molecule has 0 N–H and O–H groups in total. The summed E-state index contributed by atoms with van der Waals surface area (Å²) in [5.74, 6) is 2.13. The normalized spacial score (nSPS) is 19.3. The predicted octanol–water partition coefficient (Wildman–Crippen LogP) is 4.06. The number of carbonyl (C=O) groups excluding carboxylic acids is 1. The van der Waals surface area contributed by atoms with Crippen molar-refractivity contribution in [3.8, 4) is 0 Å². The molecule has 2 aliphatic rings. The molecule has 2 saturated heterocycles. The maximum absolute atomic E-state index is 12.9. The first-order valence-electron chi connectivity index (χ1n) is 12.1. The van der Waals surface area contributed by atoms with Crippen molar-refractivity contribution in [2.24, 2.45) is 5.92 Å². The van der Waals surface area contributed by atoms with Crippen molar-refractivity contribution < 1.29 is 9.53 Å². The van der Waals surface area contributed by atoms with E-state index in [0.717, 1.165) is 56.1 Å². The number of amides is 1. The molecular weight excluding hydrogens is 434 g/mol. The minimum atomic E-state index is 0.0972. The van der Waals surface area contributed by atoms with Crippen LogP contribution in [0.3, 0.4) is 0 Å². The lowest BCUT2D eigenvalue weighted by atomic mass is 10.00. The Hall–Kier alpha value is -2.06. The fourth-order valence-corrected chi connectivity index (χ4v) is 5.47. The number of rotatable bonds is 8. The van der Waals surface area contributed by atoms with E-state index in [2.05, 4.69) is 58.6 Å². The van der Waals surface area contributed by atoms with Crippen LogP contribution >= 0.6 is 11.8 Å². The van der Waals surface area contributed by atoms with Crippen molar-refractivity contribution in [3.63, 3.8) is 0 Å². The SMILES string of the molecule is Cc1ccc(CN(C)C(=O)CSc2nnc(N3CCC(C)CC3)n2CC2CCCO2)c(C)c1. The van der Waals surface area contributed by atoms with Gasteiger partial charge in [-0.3, -0.25) is 9.36 Å². The van der Waals surface area contributed by atoms with E-state index in [4.69, 9.17) is 4.74 Å². The van der Waals surface area contributed by atoms with Crippen molar-refractivity contribution in [2.45, 2.75) is 70.8 Å². The first kappa shape index (κ1) is 24.1. The van der Waals surface area contributed by atoms with E-state index in [1.165, 1.54) is 41.3 Å². The van der Waals surface area contributed by atoms with E-state index in [9.17, 15) is 4.79 Å². The lowest BCUT2D eigenvalue weighted by Gasteiger charge is -2.31. The van der Waals surface area contributed by atoms with Gasteiger partial charge in [-0.15, -0.1) is 10.2 Å². The minimum absolute atomic E-state index is 0.0972. The molecule has 0 bridgehead atoms. The van der Waals surface area contributed by atoms with Gasteiger partial charge in [0.15, 0.2) is 5.16 Å². The summed E-state index contributed by atoms with van der Waals surface area (Å²) in [7, 11) is 1.87. The number of nitrogens with zero attached hydrogens (tertiary/aromatic N) is 5. The summed E-state index contributed by atoms with van der Waals surface area (Å²) < 4.78 is 8.10. The Labute approximate surface area is 201 Å². The Morgan fingerprint density at radius 1 is 1.21 bits per heavy atom. The molecule has 1 amide bonds. The summed E-state index contributed by atoms with van der Waals surface area (Å²) in [5.41, 5.74) is 3.65. The Balaban J connectivity index is 1.42. The molecule has 33 heavy (non-hydrogen) atoms. The second kappa shape index (κ2) is 10.9. The first-order valence-corrected chi connectivity index (χ1v) is 13.1. The highest BCUT2D eigenvalue weighted by molar-refractivity contribution is 7.99. The molecule has 1 unspecified atom stereocenters. The zero-order valence-electron chi connectivity index (χ0n) is 20.4. The van der Waals surface area contributed by atoms with Crippen LogP contribution in [0.2, 0.25) is 0 Å². The molecule has 180 valence electrons. The lowest BCUT2D eigenvalue weighted by molar-refractivity contribution is -0.127. The van der Waals surface area contributed by atoms with Gasteiger partial charge in [0.1, 0.15) is 0 Å². The first-order chi connectivity index (χ1) is 15.9. The van der Waals surface area contributed by atoms with E-state index < -0.39 is 0 Å². The number of hydrogen-bond acceptors (Lipinski definition) is 6. The second-order valence-electron chi connectivity index (χ2n) is 9.67. The number of anilines is 1. The number of carbonyl (C=O) groups is 1. The highest BCUT2D eigenvalue weighted by Gasteiger charge is 2.26. The quantitative estimate of drug-likeness (QED) is 0.541. The van der Waals surface area contributed by atoms with E-state index in [1.807, 2.05) is 7.05 Å². The van der Waals surface area contributed by atoms with Gasteiger partial charge >= 0.3 is 0 Å². The van der Waals surface area contributed by atoms with Crippen molar-refractivity contribution in [2.75, 3.05) is 37.4 Å². The molecule has 0 saturated carbocycles. The maximum Gasteiger partial charge on any atom is 0.233 e. The summed E-state index contributed by atoms with van der Waals surface area (Å²) in [6, 6.07) is 6.39. The average Bonchev–Trinajstić information content (AvgIpc) is 3.45. The van der Waals surface area contributed by atoms with Gasteiger partial charge < -0.3 is 14.5 Å². The molecule has 1 atom stereocenters. The summed E-state index contributed by atoms with van der Waals surface area (Å²) in [4.78, 5) is 17.1. The Kier molecular flexibility index (Phi) is 7.96. The van der Waals surface area contributed by atoms with Gasteiger partial charge in [-0.25, -0.2) is 0 Å². The van der Waals surface area contributed by atoms with Crippen LogP contribution in [-0.2, 0) is 22.6 Å². The van der Waals surface area contributed by atoms with E-state index in [0.29, 0.717) is 12.3 Å². The van der Waals surface area contributed by atoms with Crippen molar-refractivity contribution in [1.29, 1.82) is 0 Å². The Bertz CT molecular complexity index is 948. The number of hydrogen-bond donors (Lipinski definition) is 0. The molecule has 1 aromatic heterocycles. The van der Waals surface area contributed by atoms with Crippen LogP contribution < -0.4 is 4.90 Å². The molecule has 0 radical (unpaired) electrons. The van der Waals surface area contributed by atoms with Gasteiger partial charge in [-0.05, 0) is 56.6 Å². The molecule has 1 aromatic carbocycles. The molecule has 3 heterocycles. The molecular formula is C25H37N5O2S. The van der Waals surface area contributed by atoms with Crippen LogP contribution in [0.25, 0.3) is 0 Å². The maximum atomic E-state index is 12.9. The van der Waals surface area contributed by atoms with Gasteiger partial charge in [0, 0.05) is 33.3 Å². The van der Waals surface area contributed by atoms with E-state index in [-0.39, 0.29) is 12.0 Å². The highest BCUT2D eigenvalue weighted by atomic mass is 32.2. The van der Waals surface area contributed by atoms with Crippen LogP contribution in [0.15, 0.2) is 23.4 Å². The van der Waals surface area contributed by atoms with Crippen molar-refractivity contribution in [1.82, 2.24) is 19.7 Å². The van der Waals surface area contributed by atoms with Crippen LogP contribution in [0.1, 0.15) is 49.3 Å². The number of piperidine rings is 1. The minimum Gasteiger partial charge on any atom is -0.376 e. The van der Waals surface area contributed by atoms with Gasteiger partial charge in [0.05, 0.1) is 18.4 Å². The Morgan fingerprint density at radius 2 is 2.00 bits per heavy atom. The van der Waals surface area contributed by atoms with E-state index in [1.54, 1.807) is 4.90 Å². The number of aryl methyl sites for hydroxylation is 2. The largest absolute Gasteiger partial charge is 0.376 e. The van der Waals surface area contributed by atoms with Gasteiger partial charge in [0.2, 0.25) is 11.9 Å². The molecule has 2 fully saturated rings.